The van der Waals surface area contributed by atoms with Gasteiger partial charge in [0.25, 0.3) is 0 Å². The number of aromatic nitrogens is 1. The maximum Gasteiger partial charge on any atom is 0.225 e. The van der Waals surface area contributed by atoms with E-state index >= 15 is 0 Å². The molecule has 7 heteroatoms. The van der Waals surface area contributed by atoms with Crippen molar-refractivity contribution in [2.45, 2.75) is 82.9 Å². The van der Waals surface area contributed by atoms with Gasteiger partial charge in [0.15, 0.2) is 0 Å². The third-order valence-corrected chi connectivity index (χ3v) is 9.10. The van der Waals surface area contributed by atoms with Crippen LogP contribution in [-0.2, 0) is 15.1 Å². The van der Waals surface area contributed by atoms with Gasteiger partial charge in [-0.1, -0.05) is 68.4 Å². The molecule has 2 saturated carbocycles. The van der Waals surface area contributed by atoms with Crippen molar-refractivity contribution >= 4 is 17.6 Å². The fraction of sp³-hybridized carbons (Fsp3) is 0.457. The number of aliphatic hydroxyl groups is 1. The number of benzene rings is 2. The van der Waals surface area contributed by atoms with Gasteiger partial charge < -0.3 is 21.1 Å². The highest BCUT2D eigenvalue weighted by Gasteiger charge is 2.49. The number of nitrogens with one attached hydrogen (secondary N) is 1. The highest BCUT2D eigenvalue weighted by atomic mass is 16.3. The molecule has 0 bridgehead atoms. The number of carbonyl (C=O) groups is 2. The number of anilines is 1. The Morgan fingerprint density at radius 2 is 1.62 bits per heavy atom. The van der Waals surface area contributed by atoms with Crippen LogP contribution < -0.4 is 11.1 Å². The summed E-state index contributed by atoms with van der Waals surface area (Å²) in [6.07, 6.45) is 7.10. The number of amides is 2. The summed E-state index contributed by atoms with van der Waals surface area (Å²) in [5.74, 6) is 1.000. The number of nitrogens with two attached hydrogens (primary N) is 1. The van der Waals surface area contributed by atoms with Gasteiger partial charge in [-0.3, -0.25) is 9.59 Å². The van der Waals surface area contributed by atoms with E-state index in [0.717, 1.165) is 53.5 Å². The molecule has 0 saturated heterocycles. The Morgan fingerprint density at radius 3 is 2.21 bits per heavy atom. The van der Waals surface area contributed by atoms with E-state index in [1.807, 2.05) is 75.3 Å². The molecule has 2 amide bonds. The first-order valence-corrected chi connectivity index (χ1v) is 15.2. The maximum absolute atomic E-state index is 13.1. The van der Waals surface area contributed by atoms with E-state index in [1.165, 1.54) is 0 Å². The average Bonchev–Trinajstić information content (AvgIpc) is 2.96. The fourth-order valence-corrected chi connectivity index (χ4v) is 6.88. The van der Waals surface area contributed by atoms with E-state index in [2.05, 4.69) is 34.6 Å². The van der Waals surface area contributed by atoms with Crippen LogP contribution in [0.4, 0.5) is 5.82 Å². The zero-order valence-corrected chi connectivity index (χ0v) is 25.3. The van der Waals surface area contributed by atoms with Gasteiger partial charge in [0.2, 0.25) is 11.8 Å². The quantitative estimate of drug-likeness (QED) is 0.304. The molecule has 2 aliphatic carbocycles. The van der Waals surface area contributed by atoms with Gasteiger partial charge in [-0.15, -0.1) is 0 Å². The van der Waals surface area contributed by atoms with Crippen molar-refractivity contribution in [3.8, 4) is 22.3 Å². The molecule has 2 aromatic carbocycles. The Labute approximate surface area is 249 Å². The first-order valence-electron chi connectivity index (χ1n) is 15.2. The summed E-state index contributed by atoms with van der Waals surface area (Å²) in [4.78, 5) is 32.0. The number of nitrogens with zero attached hydrogens (tertiary/aromatic N) is 2. The van der Waals surface area contributed by atoms with Crippen molar-refractivity contribution in [3.05, 3.63) is 72.4 Å². The van der Waals surface area contributed by atoms with E-state index in [-0.39, 0.29) is 23.8 Å². The molecule has 5 rings (SSSR count). The molecule has 222 valence electrons. The Bertz CT molecular complexity index is 1400. The summed E-state index contributed by atoms with van der Waals surface area (Å²) < 4.78 is 0. The molecule has 0 unspecified atom stereocenters. The Balaban J connectivity index is 1.27. The van der Waals surface area contributed by atoms with E-state index in [9.17, 15) is 14.7 Å². The second-order valence-electron chi connectivity index (χ2n) is 13.1. The normalized spacial score (nSPS) is 25.5. The second kappa shape index (κ2) is 12.0. The van der Waals surface area contributed by atoms with Crippen LogP contribution in [-0.4, -0.2) is 45.5 Å². The number of hydrogen-bond donors (Lipinski definition) is 3. The van der Waals surface area contributed by atoms with Crippen molar-refractivity contribution in [2.75, 3.05) is 12.4 Å². The van der Waals surface area contributed by atoms with E-state index < -0.39 is 11.1 Å². The lowest BCUT2D eigenvalue weighted by Crippen LogP contribution is -2.58. The van der Waals surface area contributed by atoms with E-state index in [4.69, 9.17) is 5.73 Å². The average molecular weight is 569 g/mol. The molecule has 7 nitrogen and oxygen atoms in total. The molecule has 0 atom stereocenters. The molecule has 42 heavy (non-hydrogen) atoms. The van der Waals surface area contributed by atoms with Crippen molar-refractivity contribution < 1.29 is 14.7 Å². The minimum atomic E-state index is -0.706. The van der Waals surface area contributed by atoms with Crippen LogP contribution in [0.5, 0.6) is 0 Å². The van der Waals surface area contributed by atoms with Crippen LogP contribution in [0.1, 0.15) is 71.3 Å². The first-order chi connectivity index (χ1) is 19.9. The third kappa shape index (κ3) is 6.58. The van der Waals surface area contributed by atoms with Crippen LogP contribution in [0.25, 0.3) is 22.3 Å². The lowest BCUT2D eigenvalue weighted by molar-refractivity contribution is -0.136. The molecule has 3 aromatic rings. The van der Waals surface area contributed by atoms with Gasteiger partial charge in [-0.2, -0.15) is 0 Å². The smallest absolute Gasteiger partial charge is 0.225 e. The molecule has 0 radical (unpaired) electrons. The number of carbonyl (C=O) groups excluding carboxylic acids is 2. The van der Waals surface area contributed by atoms with Gasteiger partial charge in [0, 0.05) is 42.7 Å². The van der Waals surface area contributed by atoms with Gasteiger partial charge in [0.1, 0.15) is 5.82 Å². The Kier molecular flexibility index (Phi) is 8.53. The largest absolute Gasteiger partial charge is 0.390 e. The molecule has 1 heterocycles. The topological polar surface area (TPSA) is 109 Å². The molecular weight excluding hydrogens is 524 g/mol. The van der Waals surface area contributed by atoms with Crippen LogP contribution in [0.3, 0.4) is 0 Å². The summed E-state index contributed by atoms with van der Waals surface area (Å²) in [7, 11) is 1.91. The van der Waals surface area contributed by atoms with Crippen LogP contribution in [0.15, 0.2) is 66.9 Å². The van der Waals surface area contributed by atoms with Crippen LogP contribution in [0, 0.1) is 11.8 Å². The summed E-state index contributed by atoms with van der Waals surface area (Å²) >= 11 is 0. The molecule has 0 spiro atoms. The summed E-state index contributed by atoms with van der Waals surface area (Å²) in [6.45, 7) is 5.70. The third-order valence-electron chi connectivity index (χ3n) is 9.10. The Morgan fingerprint density at radius 1 is 1.00 bits per heavy atom. The van der Waals surface area contributed by atoms with Crippen molar-refractivity contribution in [1.29, 1.82) is 0 Å². The summed E-state index contributed by atoms with van der Waals surface area (Å²) in [6, 6.07) is 20.5. The number of pyridine rings is 1. The molecule has 2 aliphatic rings. The van der Waals surface area contributed by atoms with Crippen molar-refractivity contribution in [3.63, 3.8) is 0 Å². The summed E-state index contributed by atoms with van der Waals surface area (Å²) in [5.41, 5.74) is 10.4. The van der Waals surface area contributed by atoms with Crippen molar-refractivity contribution in [2.24, 2.45) is 17.6 Å². The van der Waals surface area contributed by atoms with Gasteiger partial charge in [-0.25, -0.2) is 4.98 Å². The summed E-state index contributed by atoms with van der Waals surface area (Å²) in [5, 5.41) is 13.3. The molecule has 4 N–H and O–H groups in total. The number of rotatable bonds is 8. The van der Waals surface area contributed by atoms with Crippen LogP contribution in [0.2, 0.25) is 0 Å². The zero-order chi connectivity index (χ0) is 30.1. The zero-order valence-electron chi connectivity index (χ0n) is 25.3. The minimum Gasteiger partial charge on any atom is -0.390 e. The first kappa shape index (κ1) is 29.9. The Hall–Kier alpha value is -3.55. The SMILES string of the molecule is CC(C)C(=O)N(C)[C@H]1CC[C@H](CC(=O)Nc2cc(-c3ccccc3)c(-c3ccc([C@]4(N)C[C@](C)(O)C4)cc3)cn2)CC1. The standard InChI is InChI=1S/C35H44N4O3/c1-23(2)33(41)39(4)28-16-10-24(11-17-28)18-32(40)38-31-19-29(25-8-6-5-7-9-25)30(20-37-31)26-12-14-27(15-13-26)35(36)21-34(3,42)22-35/h5-9,12-15,19-20,23-24,28,42H,10-11,16-18,21-22,36H2,1-4H3,(H,37,38,40)/t24-,28-,34-,35-. The minimum absolute atomic E-state index is 0.00150. The second-order valence-corrected chi connectivity index (χ2v) is 13.1. The lowest BCUT2D eigenvalue weighted by Gasteiger charge is -2.49. The van der Waals surface area contributed by atoms with Gasteiger partial charge in [-0.05, 0) is 79.7 Å². The molecular formula is C35H44N4O3. The highest BCUT2D eigenvalue weighted by molar-refractivity contribution is 5.92. The predicted molar refractivity (Wildman–Crippen MR) is 167 cm³/mol. The molecule has 0 aliphatic heterocycles. The monoisotopic (exact) mass is 568 g/mol. The molecule has 1 aromatic heterocycles. The van der Waals surface area contributed by atoms with Crippen molar-refractivity contribution in [1.82, 2.24) is 9.88 Å². The van der Waals surface area contributed by atoms with E-state index in [1.54, 1.807) is 0 Å². The fourth-order valence-electron chi connectivity index (χ4n) is 6.88. The highest BCUT2D eigenvalue weighted by Crippen LogP contribution is 2.46. The van der Waals surface area contributed by atoms with Gasteiger partial charge in [0.05, 0.1) is 5.60 Å². The molecule has 2 fully saturated rings. The van der Waals surface area contributed by atoms with Crippen LogP contribution >= 0.6 is 0 Å². The van der Waals surface area contributed by atoms with Gasteiger partial charge >= 0.3 is 0 Å². The number of hydrogen-bond acceptors (Lipinski definition) is 5. The maximum atomic E-state index is 13.1. The predicted octanol–water partition coefficient (Wildman–Crippen LogP) is 6.12. The van der Waals surface area contributed by atoms with E-state index in [0.29, 0.717) is 31.0 Å². The lowest BCUT2D eigenvalue weighted by atomic mass is 9.63.